The number of carbonyl (C=O) groups excluding carboxylic acids is 2. The van der Waals surface area contributed by atoms with Gasteiger partial charge in [-0.05, 0) is 55.7 Å². The number of nitrogens with zero attached hydrogens (tertiary/aromatic N) is 2. The van der Waals surface area contributed by atoms with Crippen molar-refractivity contribution in [2.45, 2.75) is 36.1 Å². The Morgan fingerprint density at radius 3 is 2.97 bits per heavy atom. The first-order chi connectivity index (χ1) is 15.0. The number of hydrogen-bond donors (Lipinski definition) is 1. The summed E-state index contributed by atoms with van der Waals surface area (Å²) >= 11 is 4.43. The van der Waals surface area contributed by atoms with Crippen molar-refractivity contribution in [2.24, 2.45) is 0 Å². The summed E-state index contributed by atoms with van der Waals surface area (Å²) in [6.07, 6.45) is 1.13. The molecular weight excluding hydrogens is 454 g/mol. The van der Waals surface area contributed by atoms with E-state index in [1.54, 1.807) is 23.3 Å². The van der Waals surface area contributed by atoms with Crippen LogP contribution in [0.15, 0.2) is 38.4 Å². The van der Waals surface area contributed by atoms with Crippen LogP contribution in [0.4, 0.5) is 4.79 Å². The fourth-order valence-electron chi connectivity index (χ4n) is 3.36. The molecule has 0 radical (unpaired) electrons. The van der Waals surface area contributed by atoms with Gasteiger partial charge >= 0.3 is 6.09 Å². The Bertz CT molecular complexity index is 1220. The summed E-state index contributed by atoms with van der Waals surface area (Å²) in [6.45, 7) is 3.80. The van der Waals surface area contributed by atoms with E-state index in [0.29, 0.717) is 21.1 Å². The van der Waals surface area contributed by atoms with E-state index in [9.17, 15) is 14.4 Å². The van der Waals surface area contributed by atoms with E-state index < -0.39 is 12.0 Å². The summed E-state index contributed by atoms with van der Waals surface area (Å²) in [7, 11) is 0. The molecule has 3 aromatic rings. The minimum Gasteiger partial charge on any atom is -0.450 e. The highest BCUT2D eigenvalue weighted by Gasteiger charge is 2.24. The number of carbonyl (C=O) groups is 2. The van der Waals surface area contributed by atoms with Gasteiger partial charge in [0.15, 0.2) is 5.16 Å². The van der Waals surface area contributed by atoms with Crippen LogP contribution in [0.1, 0.15) is 24.5 Å². The van der Waals surface area contributed by atoms with Crippen molar-refractivity contribution in [3.63, 3.8) is 0 Å². The molecule has 1 aromatic carbocycles. The minimum atomic E-state index is -0.782. The molecule has 31 heavy (non-hydrogen) atoms. The van der Waals surface area contributed by atoms with Crippen LogP contribution in [0.25, 0.3) is 15.9 Å². The standard InChI is InChI=1S/C21H21N3O4S3/c1-3-28-21(27)22-15(25)11-30-20-23-17-16(14-8-5-9-29-19(14)31-17)18(26)24(20)13-7-4-6-12(2)10-13/h4,6-7,10H,3,5,8-9,11H2,1-2H3,(H,22,25,27). The lowest BCUT2D eigenvalue weighted by atomic mass is 10.1. The quantitative estimate of drug-likeness (QED) is 0.438. The SMILES string of the molecule is CCOC(=O)NC(=O)CSc1nc2sc3c(c2c(=O)n1-c1cccc(C)c1)CCCS3. The van der Waals surface area contributed by atoms with Gasteiger partial charge in [0.05, 0.1) is 27.6 Å². The predicted molar refractivity (Wildman–Crippen MR) is 125 cm³/mol. The van der Waals surface area contributed by atoms with E-state index in [4.69, 9.17) is 9.72 Å². The lowest BCUT2D eigenvalue weighted by Crippen LogP contribution is -2.32. The lowest BCUT2D eigenvalue weighted by Gasteiger charge is -2.14. The zero-order valence-corrected chi connectivity index (χ0v) is 19.5. The van der Waals surface area contributed by atoms with E-state index >= 15 is 0 Å². The van der Waals surface area contributed by atoms with Crippen LogP contribution < -0.4 is 10.9 Å². The molecule has 2 aromatic heterocycles. The fraction of sp³-hybridized carbons (Fsp3) is 0.333. The molecule has 7 nitrogen and oxygen atoms in total. The van der Waals surface area contributed by atoms with Crippen molar-refractivity contribution in [1.82, 2.24) is 14.9 Å². The minimum absolute atomic E-state index is 0.0670. The van der Waals surface area contributed by atoms with Crippen molar-refractivity contribution in [2.75, 3.05) is 18.1 Å². The molecular formula is C21H21N3O4S3. The van der Waals surface area contributed by atoms with Gasteiger partial charge in [0.2, 0.25) is 5.91 Å². The number of imide groups is 1. The monoisotopic (exact) mass is 475 g/mol. The molecule has 0 saturated heterocycles. The van der Waals surface area contributed by atoms with Crippen LogP contribution in [-0.2, 0) is 16.0 Å². The number of thioether (sulfide) groups is 2. The van der Waals surface area contributed by atoms with Crippen molar-refractivity contribution in [3.8, 4) is 5.69 Å². The lowest BCUT2D eigenvalue weighted by molar-refractivity contribution is -0.117. The zero-order valence-electron chi connectivity index (χ0n) is 17.1. The molecule has 0 unspecified atom stereocenters. The smallest absolute Gasteiger partial charge is 0.413 e. The Morgan fingerprint density at radius 2 is 2.19 bits per heavy atom. The molecule has 1 aliphatic heterocycles. The maximum atomic E-state index is 13.6. The Morgan fingerprint density at radius 1 is 1.35 bits per heavy atom. The molecule has 0 bridgehead atoms. The summed E-state index contributed by atoms with van der Waals surface area (Å²) in [5, 5.41) is 3.27. The van der Waals surface area contributed by atoms with Crippen LogP contribution in [0, 0.1) is 6.92 Å². The Hall–Kier alpha value is -2.30. The average molecular weight is 476 g/mol. The number of ether oxygens (including phenoxy) is 1. The van der Waals surface area contributed by atoms with E-state index in [2.05, 4.69) is 5.32 Å². The van der Waals surface area contributed by atoms with E-state index in [1.165, 1.54) is 11.3 Å². The van der Waals surface area contributed by atoms with Crippen molar-refractivity contribution >= 4 is 57.1 Å². The van der Waals surface area contributed by atoms with Crippen LogP contribution >= 0.6 is 34.9 Å². The highest BCUT2D eigenvalue weighted by molar-refractivity contribution is 8.01. The van der Waals surface area contributed by atoms with Gasteiger partial charge in [-0.1, -0.05) is 23.9 Å². The van der Waals surface area contributed by atoms with E-state index in [0.717, 1.165) is 45.7 Å². The summed E-state index contributed by atoms with van der Waals surface area (Å²) in [5.74, 6) is 0.471. The van der Waals surface area contributed by atoms with Gasteiger partial charge in [0.1, 0.15) is 4.83 Å². The number of alkyl carbamates (subject to hydrolysis) is 1. The van der Waals surface area contributed by atoms with Gasteiger partial charge < -0.3 is 4.74 Å². The summed E-state index contributed by atoms with van der Waals surface area (Å²) in [6, 6.07) is 7.63. The van der Waals surface area contributed by atoms with Gasteiger partial charge in [0.25, 0.3) is 5.56 Å². The van der Waals surface area contributed by atoms with E-state index in [1.807, 2.05) is 31.2 Å². The number of nitrogens with one attached hydrogen (secondary N) is 1. The van der Waals surface area contributed by atoms with Crippen molar-refractivity contribution < 1.29 is 14.3 Å². The first-order valence-electron chi connectivity index (χ1n) is 9.85. The van der Waals surface area contributed by atoms with E-state index in [-0.39, 0.29) is 17.9 Å². The topological polar surface area (TPSA) is 90.3 Å². The molecule has 0 aliphatic carbocycles. The Kier molecular flexibility index (Phi) is 6.68. The number of aryl methyl sites for hydroxylation is 2. The molecule has 3 heterocycles. The van der Waals surface area contributed by atoms with Gasteiger partial charge in [-0.25, -0.2) is 9.78 Å². The second-order valence-corrected chi connectivity index (χ2v) is 10.2. The van der Waals surface area contributed by atoms with Crippen molar-refractivity contribution in [1.29, 1.82) is 0 Å². The molecule has 1 N–H and O–H groups in total. The second-order valence-electron chi connectivity index (χ2n) is 6.93. The maximum absolute atomic E-state index is 13.6. The number of rotatable bonds is 5. The third-order valence-corrected chi connectivity index (χ3v) is 8.13. The number of aromatic nitrogens is 2. The second kappa shape index (κ2) is 9.46. The summed E-state index contributed by atoms with van der Waals surface area (Å²) < 4.78 is 7.47. The number of fused-ring (bicyclic) bond motifs is 3. The summed E-state index contributed by atoms with van der Waals surface area (Å²) in [4.78, 5) is 42.8. The van der Waals surface area contributed by atoms with Crippen LogP contribution in [-0.4, -0.2) is 39.7 Å². The highest BCUT2D eigenvalue weighted by atomic mass is 32.2. The largest absolute Gasteiger partial charge is 0.450 e. The van der Waals surface area contributed by atoms with Gasteiger partial charge in [-0.15, -0.1) is 23.1 Å². The highest BCUT2D eigenvalue weighted by Crippen LogP contribution is 2.40. The average Bonchev–Trinajstić information content (AvgIpc) is 3.11. The molecule has 4 rings (SSSR count). The first kappa shape index (κ1) is 21.9. The number of benzene rings is 1. The number of hydrogen-bond acceptors (Lipinski definition) is 8. The van der Waals surface area contributed by atoms with Gasteiger partial charge in [-0.3, -0.25) is 19.5 Å². The fourth-order valence-corrected chi connectivity index (χ4v) is 6.75. The van der Waals surface area contributed by atoms with Crippen LogP contribution in [0.3, 0.4) is 0 Å². The molecule has 2 amide bonds. The Labute approximate surface area is 191 Å². The van der Waals surface area contributed by atoms with Gasteiger partial charge in [-0.2, -0.15) is 0 Å². The van der Waals surface area contributed by atoms with Crippen molar-refractivity contribution in [3.05, 3.63) is 45.7 Å². The third-order valence-electron chi connectivity index (χ3n) is 4.67. The van der Waals surface area contributed by atoms with Crippen LogP contribution in [0.5, 0.6) is 0 Å². The zero-order chi connectivity index (χ0) is 22.0. The number of amides is 2. The van der Waals surface area contributed by atoms with Crippen LogP contribution in [0.2, 0.25) is 0 Å². The normalized spacial score (nSPS) is 13.1. The molecule has 162 valence electrons. The maximum Gasteiger partial charge on any atom is 0.413 e. The third kappa shape index (κ3) is 4.65. The molecule has 0 saturated carbocycles. The molecule has 1 aliphatic rings. The Balaban J connectivity index is 1.76. The molecule has 0 spiro atoms. The molecule has 0 atom stereocenters. The molecule has 10 heteroatoms. The predicted octanol–water partition coefficient (Wildman–Crippen LogP) is 4.16. The molecule has 0 fully saturated rings. The van der Waals surface area contributed by atoms with Gasteiger partial charge in [0, 0.05) is 0 Å². The first-order valence-corrected chi connectivity index (χ1v) is 12.6. The number of thiophene rings is 1. The summed E-state index contributed by atoms with van der Waals surface area (Å²) in [5.41, 5.74) is 2.69.